The summed E-state index contributed by atoms with van der Waals surface area (Å²) in [5.74, 6) is 0.751. The van der Waals surface area contributed by atoms with Crippen molar-refractivity contribution in [2.24, 2.45) is 10.9 Å². The largest absolute Gasteiger partial charge is 0.450 e. The lowest BCUT2D eigenvalue weighted by Gasteiger charge is -2.32. The van der Waals surface area contributed by atoms with Crippen molar-refractivity contribution in [1.82, 2.24) is 20.9 Å². The highest BCUT2D eigenvalue weighted by Gasteiger charge is 2.23. The van der Waals surface area contributed by atoms with Crippen LogP contribution in [-0.2, 0) is 9.53 Å². The van der Waals surface area contributed by atoms with Gasteiger partial charge in [0.2, 0.25) is 5.91 Å². The molecule has 0 aromatic rings. The van der Waals surface area contributed by atoms with Crippen LogP contribution >= 0.6 is 0 Å². The molecule has 2 amide bonds. The number of carbonyl (C=O) groups excluding carboxylic acids is 2. The highest BCUT2D eigenvalue weighted by Crippen LogP contribution is 2.11. The Hall–Kier alpha value is -1.99. The molecule has 1 rings (SSSR count). The minimum atomic E-state index is -0.237. The van der Waals surface area contributed by atoms with Gasteiger partial charge in [0.1, 0.15) is 0 Å². The molecule has 0 aromatic heterocycles. The Bertz CT molecular complexity index is 431. The maximum absolute atomic E-state index is 11.7. The third kappa shape index (κ3) is 7.06. The van der Waals surface area contributed by atoms with Crippen LogP contribution < -0.4 is 16.0 Å². The average molecular weight is 341 g/mol. The smallest absolute Gasteiger partial charge is 0.409 e. The van der Waals surface area contributed by atoms with Gasteiger partial charge in [0, 0.05) is 45.2 Å². The maximum atomic E-state index is 11.7. The van der Waals surface area contributed by atoms with Gasteiger partial charge in [-0.25, -0.2) is 4.79 Å². The van der Waals surface area contributed by atoms with E-state index < -0.39 is 0 Å². The molecule has 0 bridgehead atoms. The maximum Gasteiger partial charge on any atom is 0.409 e. The molecule has 1 aliphatic heterocycles. The molecule has 0 radical (unpaired) electrons. The molecule has 0 aromatic carbocycles. The average Bonchev–Trinajstić information content (AvgIpc) is 2.57. The zero-order chi connectivity index (χ0) is 17.9. The number of nitrogens with zero attached hydrogens (tertiary/aromatic N) is 2. The van der Waals surface area contributed by atoms with E-state index in [0.717, 1.165) is 12.8 Å². The summed E-state index contributed by atoms with van der Waals surface area (Å²) in [6.07, 6.45) is 1.46. The summed E-state index contributed by atoms with van der Waals surface area (Å²) in [5.41, 5.74) is 0. The molecular weight excluding hydrogens is 310 g/mol. The first-order valence-electron chi connectivity index (χ1n) is 8.64. The molecule has 1 fully saturated rings. The fourth-order valence-corrected chi connectivity index (χ4v) is 2.38. The molecule has 8 heteroatoms. The van der Waals surface area contributed by atoms with E-state index in [-0.39, 0.29) is 24.0 Å². The predicted octanol–water partition coefficient (Wildman–Crippen LogP) is 0.545. The van der Waals surface area contributed by atoms with Gasteiger partial charge in [0.25, 0.3) is 0 Å². The molecule has 0 atom stereocenters. The Labute approximate surface area is 144 Å². The molecular formula is C16H31N5O3. The van der Waals surface area contributed by atoms with Crippen molar-refractivity contribution in [2.75, 3.05) is 39.8 Å². The monoisotopic (exact) mass is 341 g/mol. The fourth-order valence-electron chi connectivity index (χ4n) is 2.38. The molecule has 3 N–H and O–H groups in total. The number of hydrogen-bond acceptors (Lipinski definition) is 4. The van der Waals surface area contributed by atoms with Crippen LogP contribution in [0.3, 0.4) is 0 Å². The number of aliphatic imine (C=N–C) groups is 1. The van der Waals surface area contributed by atoms with Gasteiger partial charge in [-0.3, -0.25) is 9.79 Å². The first-order chi connectivity index (χ1) is 11.5. The molecule has 138 valence electrons. The number of rotatable bonds is 6. The van der Waals surface area contributed by atoms with E-state index in [1.807, 2.05) is 20.8 Å². The van der Waals surface area contributed by atoms with Crippen LogP contribution in [-0.4, -0.2) is 68.7 Å². The van der Waals surface area contributed by atoms with Crippen molar-refractivity contribution < 1.29 is 14.3 Å². The number of ether oxygens (including phenoxy) is 1. The second-order valence-electron chi connectivity index (χ2n) is 6.05. The summed E-state index contributed by atoms with van der Waals surface area (Å²) in [4.78, 5) is 29.1. The van der Waals surface area contributed by atoms with Gasteiger partial charge < -0.3 is 25.6 Å². The van der Waals surface area contributed by atoms with E-state index in [4.69, 9.17) is 4.74 Å². The molecule has 0 aliphatic carbocycles. The first-order valence-corrected chi connectivity index (χ1v) is 8.64. The van der Waals surface area contributed by atoms with Crippen LogP contribution in [0.4, 0.5) is 4.79 Å². The topological polar surface area (TPSA) is 95.1 Å². The number of nitrogens with one attached hydrogen (secondary N) is 3. The van der Waals surface area contributed by atoms with Gasteiger partial charge in [-0.15, -0.1) is 0 Å². The molecule has 0 spiro atoms. The number of hydrogen-bond donors (Lipinski definition) is 3. The van der Waals surface area contributed by atoms with Crippen molar-refractivity contribution in [3.05, 3.63) is 0 Å². The molecule has 1 aliphatic rings. The lowest BCUT2D eigenvalue weighted by atomic mass is 10.1. The van der Waals surface area contributed by atoms with E-state index in [9.17, 15) is 9.59 Å². The van der Waals surface area contributed by atoms with E-state index >= 15 is 0 Å². The lowest BCUT2D eigenvalue weighted by molar-refractivity contribution is -0.123. The minimum Gasteiger partial charge on any atom is -0.450 e. The number of guanidine groups is 1. The molecule has 24 heavy (non-hydrogen) atoms. The van der Waals surface area contributed by atoms with Crippen LogP contribution in [0.25, 0.3) is 0 Å². The van der Waals surface area contributed by atoms with Crippen LogP contribution in [0.1, 0.15) is 33.6 Å². The van der Waals surface area contributed by atoms with E-state index in [1.54, 1.807) is 11.9 Å². The number of likely N-dealkylation sites (tertiary alicyclic amines) is 1. The van der Waals surface area contributed by atoms with Gasteiger partial charge in [-0.2, -0.15) is 0 Å². The van der Waals surface area contributed by atoms with Crippen LogP contribution in [0.5, 0.6) is 0 Å². The standard InChI is InChI=1S/C16H31N5O3/c1-5-24-16(23)21-10-6-13(7-11-21)20-15(17-4)19-9-8-18-14(22)12(2)3/h12-13H,5-11H2,1-4H3,(H,18,22)(H2,17,19,20). The van der Waals surface area contributed by atoms with Crippen LogP contribution in [0.2, 0.25) is 0 Å². The molecule has 0 unspecified atom stereocenters. The van der Waals surface area contributed by atoms with Gasteiger partial charge in [-0.1, -0.05) is 13.8 Å². The number of piperidine rings is 1. The van der Waals surface area contributed by atoms with Crippen molar-refractivity contribution in [1.29, 1.82) is 0 Å². The number of carbonyl (C=O) groups is 2. The molecule has 8 nitrogen and oxygen atoms in total. The van der Waals surface area contributed by atoms with E-state index in [1.165, 1.54) is 0 Å². The first kappa shape index (κ1) is 20.1. The normalized spacial score (nSPS) is 16.0. The van der Waals surface area contributed by atoms with E-state index in [2.05, 4.69) is 20.9 Å². The van der Waals surface area contributed by atoms with Crippen LogP contribution in [0.15, 0.2) is 4.99 Å². The quantitative estimate of drug-likeness (QED) is 0.372. The predicted molar refractivity (Wildman–Crippen MR) is 94.0 cm³/mol. The Morgan fingerprint density at radius 1 is 1.21 bits per heavy atom. The lowest BCUT2D eigenvalue weighted by Crippen LogP contribution is -2.50. The molecule has 0 saturated carbocycles. The highest BCUT2D eigenvalue weighted by atomic mass is 16.6. The van der Waals surface area contributed by atoms with Gasteiger partial charge in [0.05, 0.1) is 6.61 Å². The Morgan fingerprint density at radius 3 is 2.38 bits per heavy atom. The summed E-state index contributed by atoms with van der Waals surface area (Å²) in [6.45, 7) is 8.47. The van der Waals surface area contributed by atoms with Crippen LogP contribution in [0, 0.1) is 5.92 Å². The zero-order valence-electron chi connectivity index (χ0n) is 15.2. The Kier molecular flexibility index (Phi) is 8.96. The van der Waals surface area contributed by atoms with Gasteiger partial charge in [0.15, 0.2) is 5.96 Å². The van der Waals surface area contributed by atoms with E-state index in [0.29, 0.717) is 38.7 Å². The molecule has 1 saturated heterocycles. The summed E-state index contributed by atoms with van der Waals surface area (Å²) < 4.78 is 5.02. The summed E-state index contributed by atoms with van der Waals surface area (Å²) in [6, 6.07) is 0.270. The second kappa shape index (κ2) is 10.7. The molecule has 1 heterocycles. The van der Waals surface area contributed by atoms with Crippen molar-refractivity contribution in [3.8, 4) is 0 Å². The Morgan fingerprint density at radius 2 is 1.83 bits per heavy atom. The SMILES string of the molecule is CCOC(=O)N1CCC(NC(=NC)NCCNC(=O)C(C)C)CC1. The third-order valence-electron chi connectivity index (χ3n) is 3.83. The zero-order valence-corrected chi connectivity index (χ0v) is 15.2. The summed E-state index contributed by atoms with van der Waals surface area (Å²) in [7, 11) is 1.72. The summed E-state index contributed by atoms with van der Waals surface area (Å²) in [5, 5.41) is 9.39. The van der Waals surface area contributed by atoms with Gasteiger partial charge >= 0.3 is 6.09 Å². The minimum absolute atomic E-state index is 0.00739. The van der Waals surface area contributed by atoms with Crippen molar-refractivity contribution in [3.63, 3.8) is 0 Å². The van der Waals surface area contributed by atoms with Crippen molar-refractivity contribution >= 4 is 18.0 Å². The third-order valence-corrected chi connectivity index (χ3v) is 3.83. The highest BCUT2D eigenvalue weighted by molar-refractivity contribution is 5.80. The second-order valence-corrected chi connectivity index (χ2v) is 6.05. The summed E-state index contributed by atoms with van der Waals surface area (Å²) >= 11 is 0. The number of amides is 2. The van der Waals surface area contributed by atoms with Crippen molar-refractivity contribution in [2.45, 2.75) is 39.7 Å². The fraction of sp³-hybridized carbons (Fsp3) is 0.812. The Balaban J connectivity index is 2.25. The van der Waals surface area contributed by atoms with Gasteiger partial charge in [-0.05, 0) is 19.8 Å².